The molecule has 6 atom stereocenters. The highest BCUT2D eigenvalue weighted by Gasteiger charge is 2.64. The molecule has 1 heterocycles. The molecule has 3 nitrogen and oxygen atoms in total. The molecule has 4 unspecified atom stereocenters. The first kappa shape index (κ1) is 6.89. The molecule has 0 aromatic carbocycles. The number of fused-ring (bicyclic) bond motifs is 1. The van der Waals surface area contributed by atoms with Gasteiger partial charge in [0.25, 0.3) is 0 Å². The van der Waals surface area contributed by atoms with Gasteiger partial charge in [-0.1, -0.05) is 6.92 Å². The van der Waals surface area contributed by atoms with E-state index < -0.39 is 0 Å². The Kier molecular flexibility index (Phi) is 1.06. The van der Waals surface area contributed by atoms with Gasteiger partial charge in [-0.25, -0.2) is 0 Å². The first-order valence-corrected chi connectivity index (χ1v) is 4.58. The van der Waals surface area contributed by atoms with E-state index in [2.05, 4.69) is 6.92 Å². The predicted octanol–water partition coefficient (Wildman–Crippen LogP) is 0.175. The van der Waals surface area contributed by atoms with Crippen molar-refractivity contribution in [1.29, 1.82) is 0 Å². The molecular formula is C9H12O3. The van der Waals surface area contributed by atoms with Crippen LogP contribution in [0.4, 0.5) is 0 Å². The highest BCUT2D eigenvalue weighted by atomic mass is 16.6. The van der Waals surface area contributed by atoms with Crippen LogP contribution in [0.5, 0.6) is 0 Å². The lowest BCUT2D eigenvalue weighted by atomic mass is 9.80. The number of aliphatic hydroxyl groups excluding tert-OH is 1. The van der Waals surface area contributed by atoms with Gasteiger partial charge in [-0.3, -0.25) is 4.79 Å². The van der Waals surface area contributed by atoms with Crippen molar-refractivity contribution in [3.8, 4) is 0 Å². The number of carbonyl (C=O) groups excluding carboxylic acids is 1. The van der Waals surface area contributed by atoms with Crippen LogP contribution in [0.25, 0.3) is 0 Å². The smallest absolute Gasteiger partial charge is 0.310 e. The van der Waals surface area contributed by atoms with E-state index in [0.29, 0.717) is 17.8 Å². The quantitative estimate of drug-likeness (QED) is 0.525. The van der Waals surface area contributed by atoms with Crippen LogP contribution in [0, 0.1) is 23.7 Å². The number of rotatable bonds is 0. The monoisotopic (exact) mass is 168 g/mol. The van der Waals surface area contributed by atoms with Crippen LogP contribution in [-0.4, -0.2) is 23.3 Å². The van der Waals surface area contributed by atoms with Crippen molar-refractivity contribution in [3.05, 3.63) is 0 Å². The van der Waals surface area contributed by atoms with Crippen LogP contribution < -0.4 is 0 Å². The zero-order chi connectivity index (χ0) is 8.46. The van der Waals surface area contributed by atoms with Gasteiger partial charge in [0.1, 0.15) is 6.10 Å². The molecule has 0 radical (unpaired) electrons. The Hall–Kier alpha value is -0.570. The highest BCUT2D eigenvalue weighted by Crippen LogP contribution is 2.57. The average molecular weight is 168 g/mol. The molecule has 3 fully saturated rings. The summed E-state index contributed by atoms with van der Waals surface area (Å²) in [5.41, 5.74) is 0. The maximum absolute atomic E-state index is 11.3. The van der Waals surface area contributed by atoms with Crippen molar-refractivity contribution in [1.82, 2.24) is 0 Å². The molecule has 2 aliphatic carbocycles. The molecule has 0 aromatic heterocycles. The van der Waals surface area contributed by atoms with E-state index in [1.807, 2.05) is 0 Å². The minimum Gasteiger partial charge on any atom is -0.459 e. The van der Waals surface area contributed by atoms with Gasteiger partial charge in [0.15, 0.2) is 0 Å². The van der Waals surface area contributed by atoms with Gasteiger partial charge in [0.05, 0.1) is 12.0 Å². The minimum absolute atomic E-state index is 0.0726. The molecule has 3 aliphatic rings. The van der Waals surface area contributed by atoms with E-state index in [9.17, 15) is 9.90 Å². The highest BCUT2D eigenvalue weighted by molar-refractivity contribution is 5.77. The molecule has 1 saturated heterocycles. The second kappa shape index (κ2) is 1.84. The third-order valence-corrected chi connectivity index (χ3v) is 3.97. The lowest BCUT2D eigenvalue weighted by Gasteiger charge is -2.25. The summed E-state index contributed by atoms with van der Waals surface area (Å²) in [5.74, 6) is 1.00. The largest absolute Gasteiger partial charge is 0.459 e. The summed E-state index contributed by atoms with van der Waals surface area (Å²) >= 11 is 0. The minimum atomic E-state index is -0.382. The van der Waals surface area contributed by atoms with Gasteiger partial charge in [-0.15, -0.1) is 0 Å². The second-order valence-electron chi connectivity index (χ2n) is 4.34. The van der Waals surface area contributed by atoms with Gasteiger partial charge >= 0.3 is 5.97 Å². The fourth-order valence-corrected chi connectivity index (χ4v) is 3.38. The Bertz CT molecular complexity index is 250. The Morgan fingerprint density at radius 1 is 1.50 bits per heavy atom. The number of hydrogen-bond donors (Lipinski definition) is 1. The second-order valence-corrected chi connectivity index (χ2v) is 4.34. The van der Waals surface area contributed by atoms with Gasteiger partial charge in [-0.2, -0.15) is 0 Å². The predicted molar refractivity (Wildman–Crippen MR) is 40.1 cm³/mol. The van der Waals surface area contributed by atoms with Crippen molar-refractivity contribution in [2.75, 3.05) is 0 Å². The molecule has 12 heavy (non-hydrogen) atoms. The number of ether oxygens (including phenoxy) is 1. The number of hydrogen-bond acceptors (Lipinski definition) is 3. The molecule has 2 bridgehead atoms. The fraction of sp³-hybridized carbons (Fsp3) is 0.889. The first-order valence-electron chi connectivity index (χ1n) is 4.58. The van der Waals surface area contributed by atoms with Crippen LogP contribution in [-0.2, 0) is 9.53 Å². The summed E-state index contributed by atoms with van der Waals surface area (Å²) in [6.07, 6.45) is 0.444. The lowest BCUT2D eigenvalue weighted by molar-refractivity contribution is -0.146. The fourth-order valence-electron chi connectivity index (χ4n) is 3.38. The third-order valence-electron chi connectivity index (χ3n) is 3.97. The van der Waals surface area contributed by atoms with Crippen molar-refractivity contribution in [2.45, 2.75) is 25.6 Å². The van der Waals surface area contributed by atoms with E-state index in [0.717, 1.165) is 6.42 Å². The summed E-state index contributed by atoms with van der Waals surface area (Å²) in [7, 11) is 0. The van der Waals surface area contributed by atoms with Gasteiger partial charge in [-0.05, 0) is 18.3 Å². The topological polar surface area (TPSA) is 46.5 Å². The summed E-state index contributed by atoms with van der Waals surface area (Å²) in [6, 6.07) is 0. The summed E-state index contributed by atoms with van der Waals surface area (Å²) < 4.78 is 5.13. The molecule has 0 spiro atoms. The Morgan fingerprint density at radius 3 is 2.92 bits per heavy atom. The van der Waals surface area contributed by atoms with E-state index in [-0.39, 0.29) is 24.1 Å². The van der Waals surface area contributed by atoms with Gasteiger partial charge in [0, 0.05) is 5.92 Å². The Balaban J connectivity index is 2.06. The Morgan fingerprint density at radius 2 is 2.25 bits per heavy atom. The summed E-state index contributed by atoms with van der Waals surface area (Å²) in [6.45, 7) is 2.06. The molecule has 1 aliphatic heterocycles. The van der Waals surface area contributed by atoms with Crippen molar-refractivity contribution in [3.63, 3.8) is 0 Å². The molecule has 2 saturated carbocycles. The van der Waals surface area contributed by atoms with E-state index in [1.165, 1.54) is 0 Å². The maximum Gasteiger partial charge on any atom is 0.310 e. The summed E-state index contributed by atoms with van der Waals surface area (Å²) in [4.78, 5) is 11.3. The van der Waals surface area contributed by atoms with Crippen LogP contribution in [0.1, 0.15) is 13.3 Å². The van der Waals surface area contributed by atoms with E-state index in [1.54, 1.807) is 0 Å². The lowest BCUT2D eigenvalue weighted by Crippen LogP contribution is -2.35. The van der Waals surface area contributed by atoms with Crippen LogP contribution >= 0.6 is 0 Å². The van der Waals surface area contributed by atoms with E-state index >= 15 is 0 Å². The maximum atomic E-state index is 11.3. The Labute approximate surface area is 70.7 Å². The molecule has 1 N–H and O–H groups in total. The zero-order valence-electron chi connectivity index (χ0n) is 6.93. The van der Waals surface area contributed by atoms with Crippen molar-refractivity contribution in [2.24, 2.45) is 23.7 Å². The molecule has 3 heteroatoms. The first-order chi connectivity index (χ1) is 5.70. The normalized spacial score (nSPS) is 61.0. The number of carbonyl (C=O) groups is 1. The van der Waals surface area contributed by atoms with E-state index in [4.69, 9.17) is 4.74 Å². The molecule has 0 aromatic rings. The molecule has 0 amide bonds. The van der Waals surface area contributed by atoms with Crippen LogP contribution in [0.15, 0.2) is 0 Å². The van der Waals surface area contributed by atoms with Gasteiger partial charge < -0.3 is 9.84 Å². The number of aliphatic hydroxyl groups is 1. The number of esters is 1. The molecular weight excluding hydrogens is 156 g/mol. The average Bonchev–Trinajstić information content (AvgIpc) is 2.56. The molecule has 66 valence electrons. The van der Waals surface area contributed by atoms with Crippen molar-refractivity contribution >= 4 is 5.97 Å². The zero-order valence-corrected chi connectivity index (χ0v) is 6.93. The van der Waals surface area contributed by atoms with Crippen LogP contribution in [0.2, 0.25) is 0 Å². The standard InChI is InChI=1S/C9H12O3/c1-3-4-2-5-6(3)9(11)12-8(5)7(4)10/h3-8,10H,2H2,1H3/t3?,4-,5+,6?,7?,8?/m0/s1. The third kappa shape index (κ3) is 0.534. The SMILES string of the molecule is CC1C2C(=O)OC3C(O)[C@H]1C[C@@H]32. The van der Waals surface area contributed by atoms with Crippen LogP contribution in [0.3, 0.4) is 0 Å². The molecule has 3 rings (SSSR count). The van der Waals surface area contributed by atoms with Gasteiger partial charge in [0.2, 0.25) is 0 Å². The summed E-state index contributed by atoms with van der Waals surface area (Å²) in [5, 5.41) is 9.72. The van der Waals surface area contributed by atoms with Crippen molar-refractivity contribution < 1.29 is 14.6 Å².